The van der Waals surface area contributed by atoms with Crippen LogP contribution in [-0.2, 0) is 10.3 Å². The summed E-state index contributed by atoms with van der Waals surface area (Å²) in [6.45, 7) is 0.385. The highest BCUT2D eigenvalue weighted by Gasteiger charge is 2.47. The number of carbonyl (C=O) groups excluding carboxylic acids is 1. The van der Waals surface area contributed by atoms with Gasteiger partial charge in [-0.25, -0.2) is 18.7 Å². The molecular formula is C19H19F5N4O. The van der Waals surface area contributed by atoms with E-state index >= 15 is 0 Å². The van der Waals surface area contributed by atoms with E-state index in [0.717, 1.165) is 12.1 Å². The fraction of sp³-hybridized carbons (Fsp3) is 0.421. The number of hydrogen-bond donors (Lipinski definition) is 2. The first kappa shape index (κ1) is 20.9. The topological polar surface area (TPSA) is 66.9 Å². The molecule has 1 amide bonds. The van der Waals surface area contributed by atoms with Crippen molar-refractivity contribution in [1.29, 1.82) is 0 Å². The van der Waals surface area contributed by atoms with E-state index in [1.54, 1.807) is 6.92 Å². The van der Waals surface area contributed by atoms with Crippen molar-refractivity contribution in [3.8, 4) is 0 Å². The second-order valence-corrected chi connectivity index (χ2v) is 7.14. The minimum absolute atomic E-state index is 0.0332. The molecule has 0 radical (unpaired) electrons. The number of hydrogen-bond acceptors (Lipinski definition) is 4. The van der Waals surface area contributed by atoms with Gasteiger partial charge in [-0.05, 0) is 36.5 Å². The van der Waals surface area contributed by atoms with Gasteiger partial charge in [0.1, 0.15) is 18.2 Å². The highest BCUT2D eigenvalue weighted by atomic mass is 19.4. The normalized spacial score (nSPS) is 16.2. The summed E-state index contributed by atoms with van der Waals surface area (Å²) >= 11 is 0. The van der Waals surface area contributed by atoms with Crippen molar-refractivity contribution in [2.24, 2.45) is 0 Å². The van der Waals surface area contributed by atoms with Crippen LogP contribution in [0.1, 0.15) is 43.4 Å². The molecule has 1 atom stereocenters. The summed E-state index contributed by atoms with van der Waals surface area (Å²) in [6.07, 6.45) is -1.96. The first-order valence-electron chi connectivity index (χ1n) is 8.98. The lowest BCUT2D eigenvalue weighted by Crippen LogP contribution is -2.36. The van der Waals surface area contributed by atoms with Crippen molar-refractivity contribution in [3.63, 3.8) is 0 Å². The summed E-state index contributed by atoms with van der Waals surface area (Å²) in [7, 11) is 0. The van der Waals surface area contributed by atoms with Gasteiger partial charge < -0.3 is 10.6 Å². The van der Waals surface area contributed by atoms with Gasteiger partial charge in [0.15, 0.2) is 0 Å². The van der Waals surface area contributed by atoms with Gasteiger partial charge in [0, 0.05) is 18.7 Å². The molecule has 1 unspecified atom stereocenters. The average Bonchev–Trinajstić information content (AvgIpc) is 3.40. The van der Waals surface area contributed by atoms with Gasteiger partial charge in [0.2, 0.25) is 11.9 Å². The van der Waals surface area contributed by atoms with E-state index in [1.807, 2.05) is 0 Å². The van der Waals surface area contributed by atoms with Crippen LogP contribution >= 0.6 is 0 Å². The zero-order valence-corrected chi connectivity index (χ0v) is 15.5. The first-order valence-corrected chi connectivity index (χ1v) is 8.98. The van der Waals surface area contributed by atoms with E-state index in [1.165, 1.54) is 18.3 Å². The summed E-state index contributed by atoms with van der Waals surface area (Å²) in [5, 5.41) is 4.95. The zero-order chi connectivity index (χ0) is 21.2. The Hall–Kier alpha value is -2.78. The summed E-state index contributed by atoms with van der Waals surface area (Å²) in [5.74, 6) is -2.44. The van der Waals surface area contributed by atoms with Crippen LogP contribution in [0.2, 0.25) is 0 Å². The Kier molecular flexibility index (Phi) is 5.72. The molecule has 1 aromatic heterocycles. The fourth-order valence-electron chi connectivity index (χ4n) is 3.07. The molecule has 156 valence electrons. The van der Waals surface area contributed by atoms with Gasteiger partial charge in [-0.1, -0.05) is 13.0 Å². The molecule has 1 aromatic carbocycles. The highest BCUT2D eigenvalue weighted by Crippen LogP contribution is 2.45. The quantitative estimate of drug-likeness (QED) is 0.672. The molecule has 1 aliphatic rings. The fourth-order valence-corrected chi connectivity index (χ4v) is 3.07. The minimum Gasteiger partial charge on any atom is -0.345 e. The standard InChI is InChI=1S/C19H19F5N4O/c1-11(13-3-2-12(20)9-14(13)21)8-16(29)28-18(5-6-18)15-4-7-25-17(27-15)26-10-19(22,23)24/h2-4,7,9,11H,5-6,8,10H2,1H3,(H,28,29)(H,25,26,27). The maximum Gasteiger partial charge on any atom is 0.405 e. The molecule has 2 aromatic rings. The van der Waals surface area contributed by atoms with Crippen molar-refractivity contribution in [2.45, 2.75) is 43.8 Å². The van der Waals surface area contributed by atoms with Gasteiger partial charge in [0.25, 0.3) is 0 Å². The van der Waals surface area contributed by atoms with Crippen LogP contribution in [0.3, 0.4) is 0 Å². The van der Waals surface area contributed by atoms with Gasteiger partial charge in [-0.15, -0.1) is 0 Å². The molecule has 0 bridgehead atoms. The Bertz CT molecular complexity index is 898. The molecule has 1 heterocycles. The zero-order valence-electron chi connectivity index (χ0n) is 15.5. The molecule has 3 rings (SSSR count). The number of nitrogens with zero attached hydrogens (tertiary/aromatic N) is 2. The predicted molar refractivity (Wildman–Crippen MR) is 95.0 cm³/mol. The molecular weight excluding hydrogens is 395 g/mol. The smallest absolute Gasteiger partial charge is 0.345 e. The van der Waals surface area contributed by atoms with Gasteiger partial charge in [-0.2, -0.15) is 13.2 Å². The van der Waals surface area contributed by atoms with E-state index < -0.39 is 35.8 Å². The second kappa shape index (κ2) is 7.92. The Morgan fingerprint density at radius 3 is 2.59 bits per heavy atom. The number of carbonyl (C=O) groups is 1. The molecule has 29 heavy (non-hydrogen) atoms. The van der Waals surface area contributed by atoms with Gasteiger partial charge >= 0.3 is 6.18 Å². The molecule has 10 heteroatoms. The molecule has 0 aliphatic heterocycles. The summed E-state index contributed by atoms with van der Waals surface area (Å²) in [5.41, 5.74) is -0.131. The van der Waals surface area contributed by atoms with E-state index in [2.05, 4.69) is 20.6 Å². The van der Waals surface area contributed by atoms with Crippen LogP contribution in [0.5, 0.6) is 0 Å². The number of rotatable bonds is 7. The van der Waals surface area contributed by atoms with Crippen molar-refractivity contribution < 1.29 is 26.7 Å². The van der Waals surface area contributed by atoms with Crippen molar-refractivity contribution in [1.82, 2.24) is 15.3 Å². The molecule has 0 spiro atoms. The van der Waals surface area contributed by atoms with Gasteiger partial charge in [0.05, 0.1) is 11.2 Å². The van der Waals surface area contributed by atoms with E-state index in [0.29, 0.717) is 18.5 Å². The summed E-state index contributed by atoms with van der Waals surface area (Å²) in [6, 6.07) is 4.74. The molecule has 2 N–H and O–H groups in total. The molecule has 0 saturated heterocycles. The number of benzene rings is 1. The Morgan fingerprint density at radius 1 is 1.24 bits per heavy atom. The summed E-state index contributed by atoms with van der Waals surface area (Å²) < 4.78 is 64.0. The maximum absolute atomic E-state index is 13.9. The third-order valence-electron chi connectivity index (χ3n) is 4.71. The van der Waals surface area contributed by atoms with Crippen LogP contribution in [0, 0.1) is 11.6 Å². The van der Waals surface area contributed by atoms with Gasteiger partial charge in [-0.3, -0.25) is 4.79 Å². The molecule has 1 aliphatic carbocycles. The van der Waals surface area contributed by atoms with Crippen molar-refractivity contribution >= 4 is 11.9 Å². The Balaban J connectivity index is 1.64. The van der Waals surface area contributed by atoms with E-state index in [-0.39, 0.29) is 23.8 Å². The van der Waals surface area contributed by atoms with Crippen LogP contribution in [0.4, 0.5) is 27.9 Å². The third kappa shape index (κ3) is 5.39. The van der Waals surface area contributed by atoms with Crippen molar-refractivity contribution in [2.75, 3.05) is 11.9 Å². The second-order valence-electron chi connectivity index (χ2n) is 7.14. The maximum atomic E-state index is 13.9. The number of amides is 1. The average molecular weight is 414 g/mol. The number of aromatic nitrogens is 2. The number of alkyl halides is 3. The summed E-state index contributed by atoms with van der Waals surface area (Å²) in [4.78, 5) is 20.3. The lowest BCUT2D eigenvalue weighted by molar-refractivity contribution is -0.122. The number of anilines is 1. The van der Waals surface area contributed by atoms with Crippen LogP contribution < -0.4 is 10.6 Å². The number of halogens is 5. The van der Waals surface area contributed by atoms with E-state index in [9.17, 15) is 26.7 Å². The third-order valence-corrected chi connectivity index (χ3v) is 4.71. The largest absolute Gasteiger partial charge is 0.405 e. The molecule has 1 saturated carbocycles. The van der Waals surface area contributed by atoms with Crippen LogP contribution in [0.25, 0.3) is 0 Å². The lowest BCUT2D eigenvalue weighted by atomic mass is 9.96. The Morgan fingerprint density at radius 2 is 1.97 bits per heavy atom. The van der Waals surface area contributed by atoms with E-state index in [4.69, 9.17) is 0 Å². The molecule has 1 fully saturated rings. The minimum atomic E-state index is -4.41. The lowest BCUT2D eigenvalue weighted by Gasteiger charge is -2.20. The van der Waals surface area contributed by atoms with Crippen molar-refractivity contribution in [3.05, 3.63) is 53.4 Å². The predicted octanol–water partition coefficient (Wildman–Crippen LogP) is 4.03. The first-order chi connectivity index (χ1) is 13.6. The van der Waals surface area contributed by atoms with Crippen LogP contribution in [0.15, 0.2) is 30.5 Å². The van der Waals surface area contributed by atoms with Crippen LogP contribution in [-0.4, -0.2) is 28.6 Å². The SMILES string of the molecule is CC(CC(=O)NC1(c2ccnc(NCC(F)(F)F)n2)CC1)c1ccc(F)cc1F. The molecule has 5 nitrogen and oxygen atoms in total. The highest BCUT2D eigenvalue weighted by molar-refractivity contribution is 5.78. The number of nitrogens with one attached hydrogen (secondary N) is 2. The monoisotopic (exact) mass is 414 g/mol. The Labute approximate surface area is 163 Å².